The molecular weight excluding hydrogens is 464 g/mol. The molecule has 1 unspecified atom stereocenters. The molecule has 4 N–H and O–H groups in total. The first-order chi connectivity index (χ1) is 17.1. The van der Waals surface area contributed by atoms with Gasteiger partial charge >= 0.3 is 6.03 Å². The van der Waals surface area contributed by atoms with E-state index in [1.54, 1.807) is 30.6 Å². The van der Waals surface area contributed by atoms with Crippen molar-refractivity contribution in [2.45, 2.75) is 31.3 Å². The largest absolute Gasteiger partial charge is 0.439 e. The summed E-state index contributed by atoms with van der Waals surface area (Å²) < 4.78 is 5.76. The molecule has 9 nitrogen and oxygen atoms in total. The van der Waals surface area contributed by atoms with Crippen LogP contribution in [0.5, 0.6) is 11.6 Å². The van der Waals surface area contributed by atoms with Crippen LogP contribution >= 0.6 is 11.3 Å². The Bertz CT molecular complexity index is 1420. The minimum absolute atomic E-state index is 0.0511. The van der Waals surface area contributed by atoms with Crippen molar-refractivity contribution in [3.63, 3.8) is 0 Å². The molecule has 0 saturated heterocycles. The van der Waals surface area contributed by atoms with Crippen LogP contribution in [0.4, 0.5) is 21.9 Å². The molecule has 6 rings (SSSR count). The van der Waals surface area contributed by atoms with Gasteiger partial charge in [-0.05, 0) is 43.5 Å². The Morgan fingerprint density at radius 1 is 1.14 bits per heavy atom. The standard InChI is InChI=1S/C25H22N6O3S/c26-16-7-4-8-17(16)29-23(32)22-21-20-18(11-12-27-24(20)35-22)31(25(33)30-21)14-9-10-19(28-13-14)34-15-5-2-1-3-6-15/h1-3,5-6,9-13,16-17H,4,7-8,26H2,(H,29,32)(H,30,33)/t16?,17-/m1/s1. The SMILES string of the molecule is NC1CCC[C@H]1NC(=O)c1sc2nccc3c2c1NC(=O)N3c1ccc(Oc2ccccc2)nc1. The van der Waals surface area contributed by atoms with E-state index in [1.807, 2.05) is 30.3 Å². The second-order valence-electron chi connectivity index (χ2n) is 8.53. The zero-order chi connectivity index (χ0) is 23.9. The number of pyridine rings is 2. The van der Waals surface area contributed by atoms with Crippen LogP contribution in [0, 0.1) is 0 Å². The quantitative estimate of drug-likeness (QED) is 0.373. The van der Waals surface area contributed by atoms with E-state index in [-0.39, 0.29) is 24.0 Å². The first-order valence-corrected chi connectivity index (χ1v) is 12.2. The van der Waals surface area contributed by atoms with E-state index in [4.69, 9.17) is 10.5 Å². The Labute approximate surface area is 204 Å². The van der Waals surface area contributed by atoms with Crippen LogP contribution in [-0.4, -0.2) is 34.0 Å². The lowest BCUT2D eigenvalue weighted by Gasteiger charge is -2.28. The van der Waals surface area contributed by atoms with E-state index in [0.29, 0.717) is 38.4 Å². The van der Waals surface area contributed by atoms with E-state index in [1.165, 1.54) is 16.2 Å². The lowest BCUT2D eigenvalue weighted by molar-refractivity contribution is 0.0939. The van der Waals surface area contributed by atoms with E-state index in [9.17, 15) is 9.59 Å². The minimum atomic E-state index is -0.381. The van der Waals surface area contributed by atoms with Gasteiger partial charge in [0.25, 0.3) is 5.91 Å². The highest BCUT2D eigenvalue weighted by molar-refractivity contribution is 7.21. The predicted octanol–water partition coefficient (Wildman–Crippen LogP) is 4.78. The van der Waals surface area contributed by atoms with Crippen molar-refractivity contribution in [3.05, 3.63) is 65.8 Å². The van der Waals surface area contributed by atoms with Gasteiger partial charge in [-0.1, -0.05) is 18.2 Å². The van der Waals surface area contributed by atoms with Crippen LogP contribution in [0.15, 0.2) is 60.9 Å². The molecular formula is C25H22N6O3S. The molecule has 176 valence electrons. The number of hydrogen-bond acceptors (Lipinski definition) is 7. The maximum Gasteiger partial charge on any atom is 0.331 e. The average molecular weight is 487 g/mol. The van der Waals surface area contributed by atoms with Gasteiger partial charge in [0.2, 0.25) is 5.88 Å². The third-order valence-electron chi connectivity index (χ3n) is 6.28. The number of benzene rings is 1. The van der Waals surface area contributed by atoms with Crippen molar-refractivity contribution in [3.8, 4) is 11.6 Å². The number of nitrogens with one attached hydrogen (secondary N) is 2. The van der Waals surface area contributed by atoms with Crippen molar-refractivity contribution in [2.75, 3.05) is 10.2 Å². The summed E-state index contributed by atoms with van der Waals surface area (Å²) in [6.45, 7) is 0. The maximum absolute atomic E-state index is 13.2. The summed E-state index contributed by atoms with van der Waals surface area (Å²) in [5, 5.41) is 6.66. The molecule has 35 heavy (non-hydrogen) atoms. The Morgan fingerprint density at radius 3 is 2.74 bits per heavy atom. The van der Waals surface area contributed by atoms with Gasteiger partial charge in [0.05, 0.1) is 28.6 Å². The van der Waals surface area contributed by atoms with E-state index < -0.39 is 0 Å². The molecule has 0 spiro atoms. The van der Waals surface area contributed by atoms with Gasteiger partial charge < -0.3 is 21.1 Å². The highest BCUT2D eigenvalue weighted by atomic mass is 32.1. The second-order valence-corrected chi connectivity index (χ2v) is 9.53. The number of para-hydroxylation sites is 1. The fourth-order valence-electron chi connectivity index (χ4n) is 4.58. The summed E-state index contributed by atoms with van der Waals surface area (Å²) in [5.74, 6) is 0.846. The van der Waals surface area contributed by atoms with Crippen LogP contribution < -0.4 is 26.0 Å². The first-order valence-electron chi connectivity index (χ1n) is 11.4. The molecule has 2 atom stereocenters. The topological polar surface area (TPSA) is 122 Å². The molecule has 1 saturated carbocycles. The summed E-state index contributed by atoms with van der Waals surface area (Å²) in [5.41, 5.74) is 7.82. The molecule has 10 heteroatoms. The molecule has 2 aliphatic rings. The molecule has 0 bridgehead atoms. The van der Waals surface area contributed by atoms with Crippen molar-refractivity contribution < 1.29 is 14.3 Å². The number of aromatic nitrogens is 2. The molecule has 1 aliphatic carbocycles. The predicted molar refractivity (Wildman–Crippen MR) is 135 cm³/mol. The van der Waals surface area contributed by atoms with Crippen molar-refractivity contribution in [1.82, 2.24) is 15.3 Å². The molecule has 3 aromatic heterocycles. The van der Waals surface area contributed by atoms with Crippen molar-refractivity contribution in [2.24, 2.45) is 5.73 Å². The molecule has 1 fully saturated rings. The summed E-state index contributed by atoms with van der Waals surface area (Å²) in [6, 6.07) is 14.1. The smallest absolute Gasteiger partial charge is 0.331 e. The zero-order valence-electron chi connectivity index (χ0n) is 18.6. The highest BCUT2D eigenvalue weighted by Crippen LogP contribution is 2.45. The van der Waals surface area contributed by atoms with E-state index in [2.05, 4.69) is 20.6 Å². The number of anilines is 3. The Balaban J connectivity index is 1.32. The monoisotopic (exact) mass is 486 g/mol. The molecule has 0 radical (unpaired) electrons. The fraction of sp³-hybridized carbons (Fsp3) is 0.200. The summed E-state index contributed by atoms with van der Waals surface area (Å²) >= 11 is 1.26. The van der Waals surface area contributed by atoms with Gasteiger partial charge in [0.15, 0.2) is 0 Å². The van der Waals surface area contributed by atoms with E-state index in [0.717, 1.165) is 24.6 Å². The third-order valence-corrected chi connectivity index (χ3v) is 7.38. The van der Waals surface area contributed by atoms with Crippen molar-refractivity contribution >= 4 is 50.6 Å². The van der Waals surface area contributed by atoms with Gasteiger partial charge in [-0.25, -0.2) is 14.8 Å². The molecule has 1 aliphatic heterocycles. The summed E-state index contributed by atoms with van der Waals surface area (Å²) in [7, 11) is 0. The van der Waals surface area contributed by atoms with Gasteiger partial charge in [-0.2, -0.15) is 0 Å². The number of ether oxygens (including phenoxy) is 1. The van der Waals surface area contributed by atoms with Crippen LogP contribution in [-0.2, 0) is 0 Å². The van der Waals surface area contributed by atoms with Crippen LogP contribution in [0.25, 0.3) is 10.2 Å². The Hall–Kier alpha value is -4.02. The number of hydrogen-bond donors (Lipinski definition) is 3. The maximum atomic E-state index is 13.2. The number of amides is 3. The third kappa shape index (κ3) is 3.86. The lowest BCUT2D eigenvalue weighted by Crippen LogP contribution is -2.44. The highest BCUT2D eigenvalue weighted by Gasteiger charge is 2.34. The van der Waals surface area contributed by atoms with E-state index >= 15 is 0 Å². The van der Waals surface area contributed by atoms with Gasteiger partial charge in [0.1, 0.15) is 15.5 Å². The number of carbonyl (C=O) groups is 2. The normalized spacial score (nSPS) is 19.0. The molecule has 3 amide bonds. The molecule has 1 aromatic carbocycles. The summed E-state index contributed by atoms with van der Waals surface area (Å²) in [6.07, 6.45) is 5.96. The zero-order valence-corrected chi connectivity index (χ0v) is 19.4. The van der Waals surface area contributed by atoms with Crippen molar-refractivity contribution in [1.29, 1.82) is 0 Å². The number of urea groups is 1. The molecule has 4 aromatic rings. The van der Waals surface area contributed by atoms with Gasteiger partial charge in [-0.3, -0.25) is 9.69 Å². The number of nitrogens with two attached hydrogens (primary N) is 1. The number of nitrogens with zero attached hydrogens (tertiary/aromatic N) is 3. The Kier molecular flexibility index (Phi) is 5.31. The number of carbonyl (C=O) groups excluding carboxylic acids is 2. The van der Waals surface area contributed by atoms with Crippen LogP contribution in [0.3, 0.4) is 0 Å². The number of thiophene rings is 1. The van der Waals surface area contributed by atoms with Gasteiger partial charge in [0, 0.05) is 24.3 Å². The lowest BCUT2D eigenvalue weighted by atomic mass is 10.1. The minimum Gasteiger partial charge on any atom is -0.439 e. The molecule has 4 heterocycles. The van der Waals surface area contributed by atoms with Crippen LogP contribution in [0.1, 0.15) is 28.9 Å². The fourth-order valence-corrected chi connectivity index (χ4v) is 5.60. The number of rotatable bonds is 5. The first kappa shape index (κ1) is 21.5. The Morgan fingerprint density at radius 2 is 2.00 bits per heavy atom. The van der Waals surface area contributed by atoms with Gasteiger partial charge in [-0.15, -0.1) is 11.3 Å². The average Bonchev–Trinajstić information content (AvgIpc) is 3.44. The van der Waals surface area contributed by atoms with Crippen LogP contribution in [0.2, 0.25) is 0 Å². The second kappa shape index (κ2) is 8.64. The summed E-state index contributed by atoms with van der Waals surface area (Å²) in [4.78, 5) is 37.8.